The number of hydrogen-bond acceptors (Lipinski definition) is 1. The molecule has 2 bridgehead atoms. The molecule has 0 aromatic heterocycles. The van der Waals surface area contributed by atoms with E-state index in [9.17, 15) is 0 Å². The van der Waals surface area contributed by atoms with E-state index in [1.807, 2.05) is 12.1 Å². The zero-order valence-electron chi connectivity index (χ0n) is 15.2. The Morgan fingerprint density at radius 2 is 1.62 bits per heavy atom. The Bertz CT molecular complexity index is 801. The van der Waals surface area contributed by atoms with Gasteiger partial charge in [0.15, 0.2) is 0 Å². The second-order valence-corrected chi connectivity index (χ2v) is 8.69. The topological polar surface area (TPSA) is 3.24 Å². The molecule has 0 spiro atoms. The van der Waals surface area contributed by atoms with Crippen LogP contribution in [0.15, 0.2) is 60.7 Å². The molecule has 1 saturated carbocycles. The van der Waals surface area contributed by atoms with Gasteiger partial charge in [0.2, 0.25) is 0 Å². The van der Waals surface area contributed by atoms with E-state index in [1.165, 1.54) is 55.5 Å². The van der Waals surface area contributed by atoms with Gasteiger partial charge in [-0.1, -0.05) is 60.2 Å². The number of hydrogen-bond donors (Lipinski definition) is 0. The molecule has 3 atom stereocenters. The molecule has 2 fully saturated rings. The van der Waals surface area contributed by atoms with Crippen molar-refractivity contribution in [1.82, 2.24) is 4.90 Å². The first kappa shape index (κ1) is 16.6. The molecule has 2 aromatic carbocycles. The quantitative estimate of drug-likeness (QED) is 0.591. The Labute approximate surface area is 161 Å². The third-order valence-corrected chi connectivity index (χ3v) is 7.05. The van der Waals surface area contributed by atoms with Crippen molar-refractivity contribution in [2.75, 3.05) is 13.1 Å². The van der Waals surface area contributed by atoms with E-state index >= 15 is 0 Å². The average Bonchev–Trinajstić information content (AvgIpc) is 3.32. The first-order valence-corrected chi connectivity index (χ1v) is 10.4. The molecule has 2 heteroatoms. The highest BCUT2D eigenvalue weighted by Gasteiger charge is 2.40. The van der Waals surface area contributed by atoms with Gasteiger partial charge in [-0.15, -0.1) is 0 Å². The zero-order valence-corrected chi connectivity index (χ0v) is 15.9. The summed E-state index contributed by atoms with van der Waals surface area (Å²) in [7, 11) is 0. The Balaban J connectivity index is 1.32. The number of rotatable bonds is 3. The normalized spacial score (nSPS) is 28.7. The maximum Gasteiger partial charge on any atom is 0.0406 e. The van der Waals surface area contributed by atoms with Gasteiger partial charge in [0, 0.05) is 11.1 Å². The van der Waals surface area contributed by atoms with E-state index in [0.717, 1.165) is 22.9 Å². The third-order valence-electron chi connectivity index (χ3n) is 6.80. The lowest BCUT2D eigenvalue weighted by atomic mass is 9.83. The number of benzene rings is 2. The summed E-state index contributed by atoms with van der Waals surface area (Å²) in [6.45, 7) is 2.50. The molecule has 5 rings (SSSR count). The first-order valence-electron chi connectivity index (χ1n) is 10.0. The van der Waals surface area contributed by atoms with Crippen molar-refractivity contribution in [1.29, 1.82) is 0 Å². The molecule has 3 aliphatic rings. The van der Waals surface area contributed by atoms with Crippen LogP contribution in [0.25, 0.3) is 11.1 Å². The Morgan fingerprint density at radius 3 is 2.31 bits per heavy atom. The van der Waals surface area contributed by atoms with Crippen molar-refractivity contribution < 1.29 is 0 Å². The Hall–Kier alpha value is -1.57. The minimum atomic E-state index is 0.673. The van der Waals surface area contributed by atoms with Crippen molar-refractivity contribution in [2.24, 2.45) is 11.8 Å². The lowest BCUT2D eigenvalue weighted by molar-refractivity contribution is 0.133. The van der Waals surface area contributed by atoms with E-state index < -0.39 is 0 Å². The summed E-state index contributed by atoms with van der Waals surface area (Å²) in [5, 5.41) is 0.805. The van der Waals surface area contributed by atoms with Gasteiger partial charge in [-0.3, -0.25) is 4.90 Å². The van der Waals surface area contributed by atoms with Gasteiger partial charge in [0.05, 0.1) is 0 Å². The van der Waals surface area contributed by atoms with Crippen LogP contribution >= 0.6 is 11.6 Å². The summed E-state index contributed by atoms with van der Waals surface area (Å²) in [6, 6.07) is 18.1. The zero-order chi connectivity index (χ0) is 17.5. The third kappa shape index (κ3) is 3.02. The summed E-state index contributed by atoms with van der Waals surface area (Å²) in [4.78, 5) is 2.79. The molecular formula is C24H26ClN. The van der Waals surface area contributed by atoms with Crippen LogP contribution in [0.5, 0.6) is 0 Å². The van der Waals surface area contributed by atoms with Gasteiger partial charge in [0.25, 0.3) is 0 Å². The smallest absolute Gasteiger partial charge is 0.0406 e. The maximum atomic E-state index is 6.08. The number of nitrogens with zero attached hydrogens (tertiary/aromatic N) is 1. The van der Waals surface area contributed by atoms with Crippen LogP contribution in [0.3, 0.4) is 0 Å². The summed E-state index contributed by atoms with van der Waals surface area (Å²) < 4.78 is 0. The van der Waals surface area contributed by atoms with Crippen LogP contribution in [0.2, 0.25) is 5.02 Å². The fourth-order valence-electron chi connectivity index (χ4n) is 5.46. The number of halogens is 1. The highest BCUT2D eigenvalue weighted by Crippen LogP contribution is 2.44. The number of allylic oxidation sites excluding steroid dienone is 1. The monoisotopic (exact) mass is 363 g/mol. The standard InChI is InChI=1S/C24H26ClN/c25-21-9-7-18(8-10-21)22-3-1-2-4-23(22)19-11-13-26(14-12-19)24-16-17-5-6-20(24)15-17/h1-10,17,19-20,24H,11-16H2/t17-,20-,24-/m0/s1. The molecule has 0 radical (unpaired) electrons. The molecule has 1 aliphatic heterocycles. The summed E-state index contributed by atoms with van der Waals surface area (Å²) in [5.41, 5.74) is 4.18. The van der Waals surface area contributed by atoms with E-state index in [1.54, 1.807) is 0 Å². The highest BCUT2D eigenvalue weighted by atomic mass is 35.5. The number of piperidine rings is 1. The molecule has 0 unspecified atom stereocenters. The van der Waals surface area contributed by atoms with Gasteiger partial charge in [-0.05, 0) is 85.3 Å². The van der Waals surface area contributed by atoms with Crippen molar-refractivity contribution in [3.8, 4) is 11.1 Å². The van der Waals surface area contributed by atoms with Gasteiger partial charge in [-0.25, -0.2) is 0 Å². The van der Waals surface area contributed by atoms with Gasteiger partial charge in [-0.2, -0.15) is 0 Å². The van der Waals surface area contributed by atoms with Gasteiger partial charge in [0.1, 0.15) is 0 Å². The van der Waals surface area contributed by atoms with Crippen LogP contribution in [-0.2, 0) is 0 Å². The van der Waals surface area contributed by atoms with E-state index in [0.29, 0.717) is 5.92 Å². The second kappa shape index (κ2) is 6.87. The predicted octanol–water partition coefficient (Wildman–Crippen LogP) is 6.15. The van der Waals surface area contributed by atoms with Crippen molar-refractivity contribution in [3.63, 3.8) is 0 Å². The largest absolute Gasteiger partial charge is 0.300 e. The molecule has 134 valence electrons. The molecule has 1 heterocycles. The second-order valence-electron chi connectivity index (χ2n) is 8.25. The van der Waals surface area contributed by atoms with Crippen LogP contribution in [0.1, 0.15) is 37.2 Å². The maximum absolute atomic E-state index is 6.08. The highest BCUT2D eigenvalue weighted by molar-refractivity contribution is 6.30. The SMILES string of the molecule is Clc1ccc(-c2ccccc2C2CCN([C@H]3C[C@H]4C=C[C@H]3C4)CC2)cc1. The lowest BCUT2D eigenvalue weighted by Crippen LogP contribution is -2.43. The number of fused-ring (bicyclic) bond motifs is 2. The molecule has 26 heavy (non-hydrogen) atoms. The molecular weight excluding hydrogens is 338 g/mol. The molecule has 0 amide bonds. The Morgan fingerprint density at radius 1 is 0.846 bits per heavy atom. The average molecular weight is 364 g/mol. The lowest BCUT2D eigenvalue weighted by Gasteiger charge is -2.39. The van der Waals surface area contributed by atoms with Gasteiger partial charge < -0.3 is 0 Å². The molecule has 1 nitrogen and oxygen atoms in total. The molecule has 2 aromatic rings. The Kier molecular flexibility index (Phi) is 4.38. The van der Waals surface area contributed by atoms with Crippen molar-refractivity contribution in [3.05, 3.63) is 71.3 Å². The van der Waals surface area contributed by atoms with Crippen LogP contribution in [-0.4, -0.2) is 24.0 Å². The molecule has 1 saturated heterocycles. The van der Waals surface area contributed by atoms with Crippen molar-refractivity contribution >= 4 is 11.6 Å². The fraction of sp³-hybridized carbons (Fsp3) is 0.417. The van der Waals surface area contributed by atoms with Crippen LogP contribution in [0.4, 0.5) is 0 Å². The molecule has 0 N–H and O–H groups in total. The van der Waals surface area contributed by atoms with Crippen molar-refractivity contribution in [2.45, 2.75) is 37.6 Å². The van der Waals surface area contributed by atoms with Crippen LogP contribution in [0, 0.1) is 11.8 Å². The first-order chi connectivity index (χ1) is 12.8. The van der Waals surface area contributed by atoms with Gasteiger partial charge >= 0.3 is 0 Å². The summed E-state index contributed by atoms with van der Waals surface area (Å²) in [6.07, 6.45) is 10.3. The minimum absolute atomic E-state index is 0.673. The minimum Gasteiger partial charge on any atom is -0.300 e. The number of likely N-dealkylation sites (tertiary alicyclic amines) is 1. The fourth-order valence-corrected chi connectivity index (χ4v) is 5.58. The predicted molar refractivity (Wildman–Crippen MR) is 110 cm³/mol. The molecule has 2 aliphatic carbocycles. The van der Waals surface area contributed by atoms with Crippen LogP contribution < -0.4 is 0 Å². The summed E-state index contributed by atoms with van der Waals surface area (Å²) in [5.74, 6) is 2.37. The van der Waals surface area contributed by atoms with E-state index in [2.05, 4.69) is 53.5 Å². The van der Waals surface area contributed by atoms with E-state index in [4.69, 9.17) is 11.6 Å². The van der Waals surface area contributed by atoms with E-state index in [-0.39, 0.29) is 0 Å². The summed E-state index contributed by atoms with van der Waals surface area (Å²) >= 11 is 6.08.